The van der Waals surface area contributed by atoms with E-state index < -0.39 is 23.7 Å². The van der Waals surface area contributed by atoms with E-state index in [2.05, 4.69) is 15.4 Å². The molecule has 25 heavy (non-hydrogen) atoms. The molecule has 2 aromatic heterocycles. The summed E-state index contributed by atoms with van der Waals surface area (Å²) in [6.45, 7) is 1.57. The molecule has 1 atom stereocenters. The molecule has 0 radical (unpaired) electrons. The fourth-order valence-electron chi connectivity index (χ4n) is 2.43. The average Bonchev–Trinajstić information content (AvgIpc) is 2.99. The first kappa shape index (κ1) is 16.7. The molecule has 0 fully saturated rings. The number of carbonyl (C=O) groups excluding carboxylic acids is 1. The van der Waals surface area contributed by atoms with Gasteiger partial charge < -0.3 is 5.32 Å². The molecule has 3 rings (SSSR count). The molecule has 0 aliphatic rings. The van der Waals surface area contributed by atoms with Crippen LogP contribution in [0.3, 0.4) is 0 Å². The third kappa shape index (κ3) is 3.25. The Morgan fingerprint density at radius 3 is 2.80 bits per heavy atom. The van der Waals surface area contributed by atoms with E-state index in [4.69, 9.17) is 0 Å². The SMILES string of the molecule is CC(NC(=O)c1c[nH]n2c(=O)ccnc12)c1cccc(C(F)(F)F)c1. The number of hydrogen-bond acceptors (Lipinski definition) is 3. The molecule has 9 heteroatoms. The maximum absolute atomic E-state index is 12.8. The predicted molar refractivity (Wildman–Crippen MR) is 83.1 cm³/mol. The van der Waals surface area contributed by atoms with Gasteiger partial charge in [-0.25, -0.2) is 9.50 Å². The van der Waals surface area contributed by atoms with E-state index in [1.807, 2.05) is 0 Å². The molecule has 0 saturated heterocycles. The van der Waals surface area contributed by atoms with Crippen LogP contribution < -0.4 is 10.9 Å². The number of H-pyrrole nitrogens is 1. The molecule has 0 saturated carbocycles. The van der Waals surface area contributed by atoms with E-state index in [1.54, 1.807) is 6.92 Å². The summed E-state index contributed by atoms with van der Waals surface area (Å²) >= 11 is 0. The zero-order valence-corrected chi connectivity index (χ0v) is 13.0. The molecule has 2 heterocycles. The molecule has 1 aromatic carbocycles. The van der Waals surface area contributed by atoms with Crippen LogP contribution in [0.2, 0.25) is 0 Å². The lowest BCUT2D eigenvalue weighted by molar-refractivity contribution is -0.137. The molecule has 1 amide bonds. The molecule has 0 aliphatic heterocycles. The summed E-state index contributed by atoms with van der Waals surface area (Å²) < 4.78 is 39.5. The zero-order chi connectivity index (χ0) is 18.2. The summed E-state index contributed by atoms with van der Waals surface area (Å²) in [5.74, 6) is -0.554. The summed E-state index contributed by atoms with van der Waals surface area (Å²) in [7, 11) is 0. The van der Waals surface area contributed by atoms with Crippen LogP contribution in [0.1, 0.15) is 34.5 Å². The molecule has 0 bridgehead atoms. The van der Waals surface area contributed by atoms with Crippen LogP contribution in [-0.4, -0.2) is 20.5 Å². The van der Waals surface area contributed by atoms with Gasteiger partial charge in [0.05, 0.1) is 11.6 Å². The van der Waals surface area contributed by atoms with Gasteiger partial charge in [-0.15, -0.1) is 0 Å². The standard InChI is InChI=1S/C16H13F3N4O2/c1-9(10-3-2-4-11(7-10)16(17,18)19)22-15(25)12-8-21-23-13(24)5-6-20-14(12)23/h2-9,21H,1H3,(H,22,25). The van der Waals surface area contributed by atoms with Crippen molar-refractivity contribution in [1.29, 1.82) is 0 Å². The van der Waals surface area contributed by atoms with E-state index >= 15 is 0 Å². The van der Waals surface area contributed by atoms with Crippen molar-refractivity contribution in [3.63, 3.8) is 0 Å². The van der Waals surface area contributed by atoms with Crippen molar-refractivity contribution in [1.82, 2.24) is 19.9 Å². The van der Waals surface area contributed by atoms with Gasteiger partial charge in [-0.1, -0.05) is 12.1 Å². The number of aromatic nitrogens is 3. The second-order valence-corrected chi connectivity index (χ2v) is 5.45. The van der Waals surface area contributed by atoms with E-state index in [0.717, 1.165) is 16.6 Å². The first-order valence-electron chi connectivity index (χ1n) is 7.30. The van der Waals surface area contributed by atoms with Crippen LogP contribution >= 0.6 is 0 Å². The molecular weight excluding hydrogens is 337 g/mol. The lowest BCUT2D eigenvalue weighted by Crippen LogP contribution is -2.27. The third-order valence-corrected chi connectivity index (χ3v) is 3.73. The number of halogens is 3. The summed E-state index contributed by atoms with van der Waals surface area (Å²) in [5.41, 5.74) is -0.590. The average molecular weight is 350 g/mol. The minimum Gasteiger partial charge on any atom is -0.345 e. The van der Waals surface area contributed by atoms with Crippen molar-refractivity contribution in [2.45, 2.75) is 19.1 Å². The molecule has 6 nitrogen and oxygen atoms in total. The number of carbonyl (C=O) groups is 1. The summed E-state index contributed by atoms with van der Waals surface area (Å²) in [6, 6.07) is 5.30. The molecule has 3 aromatic rings. The highest BCUT2D eigenvalue weighted by Gasteiger charge is 2.30. The lowest BCUT2D eigenvalue weighted by atomic mass is 10.0. The van der Waals surface area contributed by atoms with Crippen LogP contribution in [0, 0.1) is 0 Å². The Morgan fingerprint density at radius 2 is 2.08 bits per heavy atom. The Hall–Kier alpha value is -3.10. The van der Waals surface area contributed by atoms with Gasteiger partial charge in [0.2, 0.25) is 0 Å². The lowest BCUT2D eigenvalue weighted by Gasteiger charge is -2.16. The van der Waals surface area contributed by atoms with Gasteiger partial charge in [0.15, 0.2) is 5.65 Å². The van der Waals surface area contributed by atoms with Crippen molar-refractivity contribution in [3.05, 3.63) is 69.8 Å². The Morgan fingerprint density at radius 1 is 1.32 bits per heavy atom. The van der Waals surface area contributed by atoms with Gasteiger partial charge in [-0.2, -0.15) is 13.2 Å². The predicted octanol–water partition coefficient (Wildman–Crippen LogP) is 2.53. The van der Waals surface area contributed by atoms with E-state index in [1.165, 1.54) is 30.6 Å². The quantitative estimate of drug-likeness (QED) is 0.762. The fourth-order valence-corrected chi connectivity index (χ4v) is 2.43. The first-order chi connectivity index (χ1) is 11.8. The van der Waals surface area contributed by atoms with E-state index in [0.29, 0.717) is 5.56 Å². The van der Waals surface area contributed by atoms with Crippen LogP contribution in [0.4, 0.5) is 13.2 Å². The van der Waals surface area contributed by atoms with Gasteiger partial charge in [0.1, 0.15) is 5.56 Å². The zero-order valence-electron chi connectivity index (χ0n) is 13.0. The van der Waals surface area contributed by atoms with Gasteiger partial charge in [-0.05, 0) is 24.6 Å². The normalized spacial score (nSPS) is 13.0. The third-order valence-electron chi connectivity index (χ3n) is 3.73. The largest absolute Gasteiger partial charge is 0.416 e. The molecule has 130 valence electrons. The number of amides is 1. The second kappa shape index (κ2) is 6.08. The van der Waals surface area contributed by atoms with Gasteiger partial charge in [0.25, 0.3) is 11.5 Å². The van der Waals surface area contributed by atoms with Gasteiger partial charge in [0, 0.05) is 18.5 Å². The van der Waals surface area contributed by atoms with Crippen LogP contribution in [-0.2, 0) is 6.18 Å². The van der Waals surface area contributed by atoms with Crippen molar-refractivity contribution >= 4 is 11.6 Å². The number of rotatable bonds is 3. The number of fused-ring (bicyclic) bond motifs is 1. The first-order valence-corrected chi connectivity index (χ1v) is 7.30. The number of hydrogen-bond donors (Lipinski definition) is 2. The number of nitrogens with zero attached hydrogens (tertiary/aromatic N) is 2. The fraction of sp³-hybridized carbons (Fsp3) is 0.188. The number of nitrogens with one attached hydrogen (secondary N) is 2. The van der Waals surface area contributed by atoms with E-state index in [9.17, 15) is 22.8 Å². The Balaban J connectivity index is 1.85. The van der Waals surface area contributed by atoms with Crippen molar-refractivity contribution in [2.24, 2.45) is 0 Å². The Labute approximate surface area is 139 Å². The minimum absolute atomic E-state index is 0.122. The van der Waals surface area contributed by atoms with Gasteiger partial charge in [-0.3, -0.25) is 14.7 Å². The highest BCUT2D eigenvalue weighted by atomic mass is 19.4. The van der Waals surface area contributed by atoms with E-state index in [-0.39, 0.29) is 16.8 Å². The van der Waals surface area contributed by atoms with Crippen LogP contribution in [0.25, 0.3) is 5.65 Å². The number of alkyl halides is 3. The Kier molecular flexibility index (Phi) is 4.07. The Bertz CT molecular complexity index is 991. The maximum atomic E-state index is 12.8. The summed E-state index contributed by atoms with van der Waals surface area (Å²) in [6.07, 6.45) is -1.86. The van der Waals surface area contributed by atoms with Crippen LogP contribution in [0.15, 0.2) is 47.5 Å². The number of aromatic amines is 1. The molecule has 0 spiro atoms. The molecule has 1 unspecified atom stereocenters. The number of benzene rings is 1. The molecular formula is C16H13F3N4O2. The molecule has 0 aliphatic carbocycles. The molecule has 2 N–H and O–H groups in total. The topological polar surface area (TPSA) is 79.3 Å². The smallest absolute Gasteiger partial charge is 0.345 e. The monoisotopic (exact) mass is 350 g/mol. The highest BCUT2D eigenvalue weighted by molar-refractivity contribution is 5.99. The van der Waals surface area contributed by atoms with Crippen molar-refractivity contribution in [2.75, 3.05) is 0 Å². The van der Waals surface area contributed by atoms with Crippen LogP contribution in [0.5, 0.6) is 0 Å². The van der Waals surface area contributed by atoms with Gasteiger partial charge >= 0.3 is 6.18 Å². The minimum atomic E-state index is -4.46. The summed E-state index contributed by atoms with van der Waals surface area (Å²) in [5, 5.41) is 5.22. The highest BCUT2D eigenvalue weighted by Crippen LogP contribution is 2.30. The van der Waals surface area contributed by atoms with Crippen molar-refractivity contribution in [3.8, 4) is 0 Å². The second-order valence-electron chi connectivity index (χ2n) is 5.45. The van der Waals surface area contributed by atoms with Crippen molar-refractivity contribution < 1.29 is 18.0 Å². The maximum Gasteiger partial charge on any atom is 0.416 e. The summed E-state index contributed by atoms with van der Waals surface area (Å²) in [4.78, 5) is 28.0.